The number of aromatic nitrogens is 2. The van der Waals surface area contributed by atoms with Gasteiger partial charge in [0.1, 0.15) is 0 Å². The molecule has 25 heavy (non-hydrogen) atoms. The van der Waals surface area contributed by atoms with Crippen molar-refractivity contribution in [1.82, 2.24) is 20.2 Å². The van der Waals surface area contributed by atoms with Crippen LogP contribution in [0.3, 0.4) is 0 Å². The van der Waals surface area contributed by atoms with Crippen LogP contribution < -0.4 is 10.9 Å². The molecule has 3 rings (SSSR count). The zero-order chi connectivity index (χ0) is 18.0. The summed E-state index contributed by atoms with van der Waals surface area (Å²) in [6.45, 7) is 0.377. The number of hydrogen-bond acceptors (Lipinski definition) is 5. The average molecular weight is 344 g/mol. The number of carbonyl (C=O) groups excluding carboxylic acids is 1. The molecule has 1 aliphatic heterocycles. The van der Waals surface area contributed by atoms with E-state index in [0.717, 1.165) is 12.8 Å². The lowest BCUT2D eigenvalue weighted by atomic mass is 10.1. The Morgan fingerprint density at radius 1 is 1.32 bits per heavy atom. The Bertz CT molecular complexity index is 863. The van der Waals surface area contributed by atoms with E-state index < -0.39 is 11.9 Å². The van der Waals surface area contributed by atoms with Crippen molar-refractivity contribution in [3.05, 3.63) is 40.4 Å². The summed E-state index contributed by atoms with van der Waals surface area (Å²) in [5, 5.41) is 12.1. The zero-order valence-electron chi connectivity index (χ0n) is 13.9. The van der Waals surface area contributed by atoms with Gasteiger partial charge in [0.25, 0.3) is 11.5 Å². The van der Waals surface area contributed by atoms with Crippen LogP contribution in [0.2, 0.25) is 0 Å². The minimum absolute atomic E-state index is 0.0157. The van der Waals surface area contributed by atoms with E-state index in [0.29, 0.717) is 17.4 Å². The molecular weight excluding hydrogens is 324 g/mol. The van der Waals surface area contributed by atoms with Gasteiger partial charge >= 0.3 is 5.97 Å². The van der Waals surface area contributed by atoms with Gasteiger partial charge in [0.2, 0.25) is 0 Å². The highest BCUT2D eigenvalue weighted by molar-refractivity contribution is 5.92. The number of hydrogen-bond donors (Lipinski definition) is 3. The number of carboxylic acids is 1. The molecule has 0 unspecified atom stereocenters. The fourth-order valence-electron chi connectivity index (χ4n) is 3.27. The zero-order valence-corrected chi connectivity index (χ0v) is 13.9. The van der Waals surface area contributed by atoms with Crippen LogP contribution in [0.5, 0.6) is 0 Å². The van der Waals surface area contributed by atoms with E-state index in [2.05, 4.69) is 15.3 Å². The Morgan fingerprint density at radius 2 is 2.04 bits per heavy atom. The van der Waals surface area contributed by atoms with E-state index in [9.17, 15) is 14.4 Å². The van der Waals surface area contributed by atoms with Gasteiger partial charge in [-0.1, -0.05) is 12.1 Å². The molecule has 0 spiro atoms. The summed E-state index contributed by atoms with van der Waals surface area (Å²) < 4.78 is 0. The molecule has 0 saturated carbocycles. The highest BCUT2D eigenvalue weighted by atomic mass is 16.4. The Morgan fingerprint density at radius 3 is 2.80 bits per heavy atom. The maximum Gasteiger partial charge on any atom is 0.304 e. The largest absolute Gasteiger partial charge is 0.481 e. The highest BCUT2D eigenvalue weighted by Crippen LogP contribution is 2.24. The summed E-state index contributed by atoms with van der Waals surface area (Å²) in [7, 11) is 1.87. The van der Waals surface area contributed by atoms with Gasteiger partial charge in [-0.2, -0.15) is 0 Å². The molecule has 132 valence electrons. The highest BCUT2D eigenvalue weighted by Gasteiger charge is 2.31. The first-order valence-electron chi connectivity index (χ1n) is 8.16. The molecule has 2 aromatic rings. The summed E-state index contributed by atoms with van der Waals surface area (Å²) in [6, 6.07) is 6.88. The van der Waals surface area contributed by atoms with Gasteiger partial charge in [-0.15, -0.1) is 0 Å². The molecule has 8 heteroatoms. The number of aromatic amines is 1. The van der Waals surface area contributed by atoms with Crippen LogP contribution >= 0.6 is 0 Å². The monoisotopic (exact) mass is 344 g/mol. The topological polar surface area (TPSA) is 115 Å². The van der Waals surface area contributed by atoms with Crippen LogP contribution in [0.1, 0.15) is 29.9 Å². The lowest BCUT2D eigenvalue weighted by molar-refractivity contribution is -0.138. The fourth-order valence-corrected chi connectivity index (χ4v) is 3.27. The minimum atomic E-state index is -0.820. The van der Waals surface area contributed by atoms with Crippen molar-refractivity contribution < 1.29 is 14.7 Å². The molecule has 1 aromatic heterocycles. The molecule has 1 saturated heterocycles. The maximum absolute atomic E-state index is 12.3. The molecule has 0 radical (unpaired) electrons. The van der Waals surface area contributed by atoms with Crippen molar-refractivity contribution in [2.24, 2.45) is 0 Å². The molecular formula is C17H20N4O4. The van der Waals surface area contributed by atoms with Crippen molar-refractivity contribution >= 4 is 22.8 Å². The Hall–Kier alpha value is -2.74. The van der Waals surface area contributed by atoms with Crippen LogP contribution in [-0.4, -0.2) is 57.5 Å². The second kappa shape index (κ2) is 7.02. The van der Waals surface area contributed by atoms with Crippen LogP contribution in [0, 0.1) is 0 Å². The first-order chi connectivity index (χ1) is 12.0. The third-order valence-electron chi connectivity index (χ3n) is 4.72. The fraction of sp³-hybridized carbons (Fsp3) is 0.412. The maximum atomic E-state index is 12.3. The molecule has 2 heterocycles. The van der Waals surface area contributed by atoms with Crippen molar-refractivity contribution in [1.29, 1.82) is 0 Å². The van der Waals surface area contributed by atoms with Gasteiger partial charge in [0.05, 0.1) is 17.3 Å². The molecule has 1 fully saturated rings. The number of fused-ring (bicyclic) bond motifs is 1. The predicted molar refractivity (Wildman–Crippen MR) is 91.5 cm³/mol. The number of amides is 1. The summed E-state index contributed by atoms with van der Waals surface area (Å²) in [5.41, 5.74) is 0.117. The number of likely N-dealkylation sites (tertiary alicyclic amines) is 1. The van der Waals surface area contributed by atoms with Gasteiger partial charge < -0.3 is 15.4 Å². The van der Waals surface area contributed by atoms with Gasteiger partial charge in [0, 0.05) is 18.6 Å². The quantitative estimate of drug-likeness (QED) is 0.731. The molecule has 1 aliphatic rings. The smallest absolute Gasteiger partial charge is 0.304 e. The van der Waals surface area contributed by atoms with Gasteiger partial charge in [-0.05, 0) is 32.0 Å². The third kappa shape index (κ3) is 3.69. The number of carboxylic acid groups (broad SMARTS) is 1. The van der Waals surface area contributed by atoms with Gasteiger partial charge in [-0.3, -0.25) is 19.3 Å². The first kappa shape index (κ1) is 17.1. The molecule has 2 atom stereocenters. The van der Waals surface area contributed by atoms with Crippen molar-refractivity contribution in [2.75, 3.05) is 13.6 Å². The lowest BCUT2D eigenvalue weighted by Crippen LogP contribution is -2.42. The number of nitrogens with one attached hydrogen (secondary N) is 2. The number of H-pyrrole nitrogens is 1. The van der Waals surface area contributed by atoms with Gasteiger partial charge in [-0.25, -0.2) is 4.98 Å². The average Bonchev–Trinajstić information content (AvgIpc) is 2.92. The molecule has 8 nitrogen and oxygen atoms in total. The minimum Gasteiger partial charge on any atom is -0.481 e. The van der Waals surface area contributed by atoms with E-state index in [1.54, 1.807) is 24.3 Å². The van der Waals surface area contributed by atoms with Crippen molar-refractivity contribution in [2.45, 2.75) is 31.3 Å². The number of rotatable bonds is 5. The SMILES string of the molecule is CN1[C@@H](CC(=O)O)CC[C@H]1CNC(=O)c1nc2ccccc2c(=O)[nH]1. The Labute approximate surface area is 143 Å². The number of nitrogens with zero attached hydrogens (tertiary/aromatic N) is 2. The van der Waals surface area contributed by atoms with Gasteiger partial charge in [0.15, 0.2) is 5.82 Å². The van der Waals surface area contributed by atoms with Crippen molar-refractivity contribution in [3.8, 4) is 0 Å². The number of likely N-dealkylation sites (N-methyl/N-ethyl adjacent to an activating group) is 1. The van der Waals surface area contributed by atoms with E-state index in [-0.39, 0.29) is 29.9 Å². The normalized spacial score (nSPS) is 20.7. The lowest BCUT2D eigenvalue weighted by Gasteiger charge is -2.24. The van der Waals surface area contributed by atoms with E-state index in [1.165, 1.54) is 0 Å². The van der Waals surface area contributed by atoms with E-state index in [4.69, 9.17) is 5.11 Å². The Kier molecular flexibility index (Phi) is 4.80. The summed E-state index contributed by atoms with van der Waals surface area (Å²) >= 11 is 0. The van der Waals surface area contributed by atoms with Crippen LogP contribution in [0.25, 0.3) is 10.9 Å². The Balaban J connectivity index is 1.65. The molecule has 0 aliphatic carbocycles. The summed E-state index contributed by atoms with van der Waals surface area (Å²) in [6.07, 6.45) is 1.70. The summed E-state index contributed by atoms with van der Waals surface area (Å²) in [4.78, 5) is 43.9. The number of benzene rings is 1. The van der Waals surface area contributed by atoms with Crippen LogP contribution in [-0.2, 0) is 4.79 Å². The number of aliphatic carboxylic acids is 1. The molecule has 1 amide bonds. The number of para-hydroxylation sites is 1. The standard InChI is InChI=1S/C17H20N4O4/c1-21-10(8-14(22)23)6-7-11(21)9-18-17(25)15-19-13-5-3-2-4-12(13)16(24)20-15/h2-5,10-11H,6-9H2,1H3,(H,18,25)(H,22,23)(H,19,20,24)/t10-,11+/m1/s1. The molecule has 0 bridgehead atoms. The van der Waals surface area contributed by atoms with Crippen molar-refractivity contribution in [3.63, 3.8) is 0 Å². The summed E-state index contributed by atoms with van der Waals surface area (Å²) in [5.74, 6) is -1.29. The van der Waals surface area contributed by atoms with Crippen LogP contribution in [0.4, 0.5) is 0 Å². The third-order valence-corrected chi connectivity index (χ3v) is 4.72. The molecule has 3 N–H and O–H groups in total. The predicted octanol–water partition coefficient (Wildman–Crippen LogP) is 0.590. The van der Waals surface area contributed by atoms with E-state index >= 15 is 0 Å². The second-order valence-electron chi connectivity index (χ2n) is 6.29. The second-order valence-corrected chi connectivity index (χ2v) is 6.29. The van der Waals surface area contributed by atoms with E-state index in [1.807, 2.05) is 11.9 Å². The van der Waals surface area contributed by atoms with Crippen LogP contribution in [0.15, 0.2) is 29.1 Å². The first-order valence-corrected chi connectivity index (χ1v) is 8.16. The number of carbonyl (C=O) groups is 2. The molecule has 1 aromatic carbocycles.